The number of aromatic nitrogens is 3. The maximum atomic E-state index is 6.18. The molecule has 2 aromatic heterocycles. The Bertz CT molecular complexity index is 735. The molecule has 0 atom stereocenters. The zero-order valence-electron chi connectivity index (χ0n) is 16.0. The Morgan fingerprint density at radius 1 is 1.08 bits per heavy atom. The van der Waals surface area contributed by atoms with E-state index in [1.54, 1.807) is 12.5 Å². The minimum absolute atomic E-state index is 0.353. The van der Waals surface area contributed by atoms with Crippen LogP contribution < -0.4 is 10.2 Å². The topological polar surface area (TPSA) is 58.4 Å². The summed E-state index contributed by atoms with van der Waals surface area (Å²) in [5.74, 6) is 1.24. The van der Waals surface area contributed by atoms with Crippen LogP contribution in [0.5, 0.6) is 5.88 Å². The summed E-state index contributed by atoms with van der Waals surface area (Å²) < 4.78 is 20.2. The van der Waals surface area contributed by atoms with E-state index in [9.17, 15) is 0 Å². The lowest BCUT2D eigenvalue weighted by molar-refractivity contribution is 0.00578. The van der Waals surface area contributed by atoms with Gasteiger partial charge in [0.1, 0.15) is 17.7 Å². The first-order chi connectivity index (χ1) is 11.5. The molecule has 25 heavy (non-hydrogen) atoms. The Labute approximate surface area is 149 Å². The fraction of sp³-hybridized carbons (Fsp3) is 0.556. The van der Waals surface area contributed by atoms with Gasteiger partial charge < -0.3 is 14.0 Å². The molecule has 0 unspecified atom stereocenters. The van der Waals surface area contributed by atoms with Crippen LogP contribution in [0, 0.1) is 0 Å². The highest BCUT2D eigenvalue weighted by molar-refractivity contribution is 6.62. The number of nitrogens with zero attached hydrogens (tertiary/aromatic N) is 3. The molecule has 3 rings (SSSR count). The highest BCUT2D eigenvalue weighted by Crippen LogP contribution is 2.36. The zero-order valence-corrected chi connectivity index (χ0v) is 16.0. The van der Waals surface area contributed by atoms with Gasteiger partial charge >= 0.3 is 7.12 Å². The lowest BCUT2D eigenvalue weighted by Gasteiger charge is -2.32. The van der Waals surface area contributed by atoms with Crippen molar-refractivity contribution >= 4 is 12.6 Å². The minimum atomic E-state index is -0.474. The molecule has 1 aliphatic rings. The van der Waals surface area contributed by atoms with Crippen molar-refractivity contribution in [2.45, 2.75) is 65.3 Å². The fourth-order valence-electron chi connectivity index (χ4n) is 2.52. The van der Waals surface area contributed by atoms with E-state index >= 15 is 0 Å². The third kappa shape index (κ3) is 3.72. The smallest absolute Gasteiger partial charge is 0.472 e. The first kappa shape index (κ1) is 18.0. The normalized spacial score (nSPS) is 19.2. The second-order valence-corrected chi connectivity index (χ2v) is 8.37. The van der Waals surface area contributed by atoms with Crippen molar-refractivity contribution in [1.29, 1.82) is 0 Å². The first-order valence-corrected chi connectivity index (χ1v) is 8.52. The van der Waals surface area contributed by atoms with Crippen molar-refractivity contribution in [3.05, 3.63) is 30.9 Å². The highest BCUT2D eigenvalue weighted by Gasteiger charge is 2.52. The molecule has 6 nitrogen and oxygen atoms in total. The summed E-state index contributed by atoms with van der Waals surface area (Å²) in [6.45, 7) is 14.1. The third-order valence-corrected chi connectivity index (χ3v) is 4.52. The van der Waals surface area contributed by atoms with Crippen LogP contribution in [-0.4, -0.2) is 38.5 Å². The van der Waals surface area contributed by atoms with Gasteiger partial charge in [0.25, 0.3) is 0 Å². The maximum Gasteiger partial charge on any atom is 0.495 e. The van der Waals surface area contributed by atoms with Crippen molar-refractivity contribution in [3.8, 4) is 11.7 Å². The van der Waals surface area contributed by atoms with Crippen LogP contribution in [-0.2, 0) is 9.31 Å². The molecule has 0 aromatic carbocycles. The van der Waals surface area contributed by atoms with Crippen molar-refractivity contribution < 1.29 is 14.0 Å². The Balaban J connectivity index is 2.01. The van der Waals surface area contributed by atoms with Gasteiger partial charge in [-0.15, -0.1) is 0 Å². The second-order valence-electron chi connectivity index (χ2n) is 8.37. The standard InChI is InChI=1S/C18H26BN3O3/c1-16(2,3)23-15-11-13(10-14(21-15)22-9-8-20-12-22)19-24-17(4,5)18(6,7)25-19/h8-12H,1-7H3. The van der Waals surface area contributed by atoms with Crippen LogP contribution in [0.1, 0.15) is 48.5 Å². The molecule has 0 aliphatic carbocycles. The summed E-state index contributed by atoms with van der Waals surface area (Å²) in [5, 5.41) is 0. The zero-order chi connectivity index (χ0) is 18.5. The summed E-state index contributed by atoms with van der Waals surface area (Å²) in [6, 6.07) is 3.83. The molecule has 2 aromatic rings. The molecule has 1 saturated heterocycles. The van der Waals surface area contributed by atoms with Crippen LogP contribution in [0.25, 0.3) is 5.82 Å². The van der Waals surface area contributed by atoms with E-state index in [0.717, 1.165) is 5.46 Å². The van der Waals surface area contributed by atoms with Gasteiger partial charge in [0.2, 0.25) is 5.88 Å². The van der Waals surface area contributed by atoms with Crippen LogP contribution in [0.3, 0.4) is 0 Å². The molecule has 0 spiro atoms. The average molecular weight is 343 g/mol. The number of hydrogen-bond acceptors (Lipinski definition) is 5. The van der Waals surface area contributed by atoms with Gasteiger partial charge in [0.05, 0.1) is 11.2 Å². The molecule has 1 fully saturated rings. The summed E-state index contributed by atoms with van der Waals surface area (Å²) in [5.41, 5.74) is -0.285. The summed E-state index contributed by atoms with van der Waals surface area (Å²) in [6.07, 6.45) is 5.27. The van der Waals surface area contributed by atoms with Gasteiger partial charge in [-0.2, -0.15) is 4.98 Å². The van der Waals surface area contributed by atoms with Gasteiger partial charge in [0, 0.05) is 18.5 Å². The van der Waals surface area contributed by atoms with Crippen LogP contribution in [0.4, 0.5) is 0 Å². The average Bonchev–Trinajstić information content (AvgIpc) is 3.04. The van der Waals surface area contributed by atoms with Gasteiger partial charge in [-0.3, -0.25) is 4.57 Å². The van der Waals surface area contributed by atoms with E-state index in [4.69, 9.17) is 14.0 Å². The van der Waals surface area contributed by atoms with Crippen molar-refractivity contribution in [2.24, 2.45) is 0 Å². The minimum Gasteiger partial charge on any atom is -0.472 e. The molecule has 0 amide bonds. The molecule has 7 heteroatoms. The SMILES string of the molecule is CC(C)(C)Oc1cc(B2OC(C)(C)C(C)(C)O2)cc(-n2ccnc2)n1. The van der Waals surface area contributed by atoms with E-state index < -0.39 is 18.3 Å². The van der Waals surface area contributed by atoms with E-state index in [0.29, 0.717) is 11.7 Å². The number of imidazole rings is 1. The Morgan fingerprint density at radius 3 is 2.24 bits per heavy atom. The lowest BCUT2D eigenvalue weighted by Crippen LogP contribution is -2.41. The molecule has 0 saturated carbocycles. The number of ether oxygens (including phenoxy) is 1. The molecule has 3 heterocycles. The van der Waals surface area contributed by atoms with E-state index in [-0.39, 0.29) is 5.60 Å². The van der Waals surface area contributed by atoms with Crippen LogP contribution in [0.15, 0.2) is 30.9 Å². The fourth-order valence-corrected chi connectivity index (χ4v) is 2.52. The predicted molar refractivity (Wildman–Crippen MR) is 97.5 cm³/mol. The van der Waals surface area contributed by atoms with E-state index in [1.807, 2.05) is 71.4 Å². The molecular formula is C18H26BN3O3. The van der Waals surface area contributed by atoms with Crippen molar-refractivity contribution in [1.82, 2.24) is 14.5 Å². The molecule has 0 radical (unpaired) electrons. The number of pyridine rings is 1. The second kappa shape index (κ2) is 5.85. The summed E-state index contributed by atoms with van der Waals surface area (Å²) >= 11 is 0. The molecule has 0 bridgehead atoms. The summed E-state index contributed by atoms with van der Waals surface area (Å²) in [4.78, 5) is 8.69. The highest BCUT2D eigenvalue weighted by atomic mass is 16.7. The molecule has 0 N–H and O–H groups in total. The quantitative estimate of drug-likeness (QED) is 0.802. The maximum absolute atomic E-state index is 6.18. The Hall–Kier alpha value is -1.86. The first-order valence-electron chi connectivity index (χ1n) is 8.52. The van der Waals surface area contributed by atoms with Crippen molar-refractivity contribution in [3.63, 3.8) is 0 Å². The van der Waals surface area contributed by atoms with Crippen molar-refractivity contribution in [2.75, 3.05) is 0 Å². The van der Waals surface area contributed by atoms with Gasteiger partial charge in [-0.25, -0.2) is 4.98 Å². The van der Waals surface area contributed by atoms with Gasteiger partial charge in [-0.05, 0) is 60.0 Å². The van der Waals surface area contributed by atoms with Crippen LogP contribution >= 0.6 is 0 Å². The van der Waals surface area contributed by atoms with E-state index in [2.05, 4.69) is 9.97 Å². The molecule has 134 valence electrons. The monoisotopic (exact) mass is 343 g/mol. The predicted octanol–water partition coefficient (Wildman–Crippen LogP) is 2.74. The number of hydrogen-bond donors (Lipinski definition) is 0. The molecular weight excluding hydrogens is 317 g/mol. The van der Waals surface area contributed by atoms with Gasteiger partial charge in [0.15, 0.2) is 0 Å². The Morgan fingerprint density at radius 2 is 1.72 bits per heavy atom. The third-order valence-electron chi connectivity index (χ3n) is 4.52. The van der Waals surface area contributed by atoms with Crippen LogP contribution in [0.2, 0.25) is 0 Å². The Kier molecular flexibility index (Phi) is 4.20. The van der Waals surface area contributed by atoms with E-state index in [1.165, 1.54) is 0 Å². The number of rotatable bonds is 3. The lowest BCUT2D eigenvalue weighted by atomic mass is 9.79. The summed E-state index contributed by atoms with van der Waals surface area (Å²) in [7, 11) is -0.474. The molecule has 1 aliphatic heterocycles. The van der Waals surface area contributed by atoms with Gasteiger partial charge in [-0.1, -0.05) is 0 Å². The largest absolute Gasteiger partial charge is 0.495 e.